The van der Waals surface area contributed by atoms with E-state index in [2.05, 4.69) is 22.0 Å². The third-order valence-corrected chi connectivity index (χ3v) is 9.42. The molecular weight excluding hydrogens is 713 g/mol. The number of benzene rings is 4. The molecule has 2 unspecified atom stereocenters. The van der Waals surface area contributed by atoms with Crippen molar-refractivity contribution in [1.82, 2.24) is 20.9 Å². The van der Waals surface area contributed by atoms with Crippen LogP contribution in [0.25, 0.3) is 22.3 Å². The minimum atomic E-state index is -1.33. The Morgan fingerprint density at radius 1 is 0.857 bits per heavy atom. The van der Waals surface area contributed by atoms with Crippen molar-refractivity contribution in [3.8, 4) is 39.8 Å². The summed E-state index contributed by atoms with van der Waals surface area (Å²) in [4.78, 5) is 56.4. The molecule has 4 bridgehead atoms. The average molecular weight is 761 g/mol. The summed E-state index contributed by atoms with van der Waals surface area (Å²) in [6, 6.07) is 22.9. The number of rotatable bonds is 12. The third kappa shape index (κ3) is 9.69. The van der Waals surface area contributed by atoms with Gasteiger partial charge in [0.05, 0.1) is 6.07 Å². The summed E-state index contributed by atoms with van der Waals surface area (Å²) < 4.78 is 12.1. The van der Waals surface area contributed by atoms with E-state index >= 15 is 0 Å². The lowest BCUT2D eigenvalue weighted by Crippen LogP contribution is -2.55. The molecule has 292 valence electrons. The lowest BCUT2D eigenvalue weighted by Gasteiger charge is -2.32. The maximum Gasteiger partial charge on any atom is 0.251 e. The van der Waals surface area contributed by atoms with Crippen molar-refractivity contribution in [3.05, 3.63) is 107 Å². The Bertz CT molecular complexity index is 2080. The molecule has 4 aromatic rings. The largest absolute Gasteiger partial charge is 0.492 e. The number of amides is 4. The number of hydrogen-bond acceptors (Lipinski definition) is 10. The number of hydrogen-bond donors (Lipinski definition) is 6. The fraction of sp³-hybridized carbons (Fsp3) is 0.310. The van der Waals surface area contributed by atoms with Crippen LogP contribution < -0.4 is 42.6 Å². The van der Waals surface area contributed by atoms with Gasteiger partial charge in [0.2, 0.25) is 17.7 Å². The van der Waals surface area contributed by atoms with Crippen LogP contribution in [0, 0.1) is 18.3 Å². The number of nitriles is 1. The molecule has 4 aromatic carbocycles. The van der Waals surface area contributed by atoms with E-state index in [0.29, 0.717) is 39.3 Å². The minimum Gasteiger partial charge on any atom is -0.492 e. The summed E-state index contributed by atoms with van der Waals surface area (Å²) in [6.45, 7) is 4.06. The molecule has 0 radical (unpaired) electrons. The fourth-order valence-corrected chi connectivity index (χ4v) is 6.40. The van der Waals surface area contributed by atoms with Crippen LogP contribution in [0.3, 0.4) is 0 Å². The van der Waals surface area contributed by atoms with Crippen LogP contribution in [-0.4, -0.2) is 86.5 Å². The first-order valence-electron chi connectivity index (χ1n) is 18.4. The molecule has 0 saturated heterocycles. The highest BCUT2D eigenvalue weighted by atomic mass is 16.5. The molecule has 14 heteroatoms. The first-order valence-corrected chi connectivity index (χ1v) is 18.4. The second-order valence-electron chi connectivity index (χ2n) is 13.5. The summed E-state index contributed by atoms with van der Waals surface area (Å²) in [6.07, 6.45) is 0.161. The zero-order valence-electron chi connectivity index (χ0n) is 31.7. The average Bonchev–Trinajstić information content (AvgIpc) is 3.21. The topological polar surface area (TPSA) is 228 Å². The highest BCUT2D eigenvalue weighted by Crippen LogP contribution is 2.40. The standard InChI is InChI=1S/C42H48N8O6/c1-25-4-7-28(8-5-25)29-9-11-30(12-10-29)40(52)49-35(24-46)42(54)50(3)38-31-13-15-37(56-19-17-44)34(22-31)33-21-27(6-14-36(33)55-18-16-43)20-32(23-45)48-39(51)26(2)47-41(38)53/h4-15,21-22,26,32,35,38H,16-20,24,43-44,46H2,1-3H3,(H,47,53)(H,48,51)(H,49,52)/t26-,32?,35-,38?/m0/s1. The number of fused-ring (bicyclic) bond motifs is 5. The predicted molar refractivity (Wildman–Crippen MR) is 212 cm³/mol. The van der Waals surface area contributed by atoms with Gasteiger partial charge in [-0.1, -0.05) is 54.1 Å². The number of carbonyl (C=O) groups is 4. The van der Waals surface area contributed by atoms with Crippen molar-refractivity contribution < 1.29 is 28.7 Å². The van der Waals surface area contributed by atoms with Crippen LogP contribution in [0.15, 0.2) is 84.9 Å². The van der Waals surface area contributed by atoms with Gasteiger partial charge in [-0.2, -0.15) is 5.26 Å². The second-order valence-corrected chi connectivity index (χ2v) is 13.5. The summed E-state index contributed by atoms with van der Waals surface area (Å²) in [5.74, 6) is -1.59. The van der Waals surface area contributed by atoms with Crippen LogP contribution in [0.4, 0.5) is 0 Å². The fourth-order valence-electron chi connectivity index (χ4n) is 6.40. The summed E-state index contributed by atoms with van der Waals surface area (Å²) in [5, 5.41) is 18.1. The van der Waals surface area contributed by atoms with E-state index in [1.165, 1.54) is 18.9 Å². The van der Waals surface area contributed by atoms with Gasteiger partial charge in [-0.3, -0.25) is 19.2 Å². The van der Waals surface area contributed by atoms with E-state index in [9.17, 15) is 24.4 Å². The molecule has 4 amide bonds. The molecule has 4 atom stereocenters. The summed E-state index contributed by atoms with van der Waals surface area (Å²) in [5.41, 5.74) is 23.2. The number of ether oxygens (including phenoxy) is 2. The van der Waals surface area contributed by atoms with E-state index in [0.717, 1.165) is 16.7 Å². The van der Waals surface area contributed by atoms with Gasteiger partial charge in [-0.05, 0) is 72.5 Å². The van der Waals surface area contributed by atoms with Gasteiger partial charge >= 0.3 is 0 Å². The number of aryl methyl sites for hydroxylation is 1. The molecule has 0 aliphatic carbocycles. The Kier molecular flexibility index (Phi) is 13.8. The van der Waals surface area contributed by atoms with Crippen molar-refractivity contribution >= 4 is 23.6 Å². The zero-order chi connectivity index (χ0) is 40.4. The monoisotopic (exact) mass is 760 g/mol. The van der Waals surface area contributed by atoms with E-state index in [1.807, 2.05) is 49.4 Å². The lowest BCUT2D eigenvalue weighted by molar-refractivity contribution is -0.141. The molecular formula is C42H48N8O6. The Morgan fingerprint density at radius 3 is 2.04 bits per heavy atom. The molecule has 1 aliphatic rings. The van der Waals surface area contributed by atoms with Crippen molar-refractivity contribution in [2.75, 3.05) is 39.9 Å². The second kappa shape index (κ2) is 18.9. The highest BCUT2D eigenvalue weighted by Gasteiger charge is 2.35. The maximum atomic E-state index is 14.3. The predicted octanol–water partition coefficient (Wildman–Crippen LogP) is 2.33. The Balaban J connectivity index is 1.53. The normalized spacial score (nSPS) is 17.3. The Labute approximate surface area is 326 Å². The summed E-state index contributed by atoms with van der Waals surface area (Å²) >= 11 is 0. The molecule has 1 aliphatic heterocycles. The first kappa shape index (κ1) is 40.9. The van der Waals surface area contributed by atoms with Crippen molar-refractivity contribution in [2.45, 2.75) is 44.4 Å². The number of nitrogens with one attached hydrogen (secondary N) is 3. The van der Waals surface area contributed by atoms with E-state index < -0.39 is 47.8 Å². The summed E-state index contributed by atoms with van der Waals surface area (Å²) in [7, 11) is 1.42. The van der Waals surface area contributed by atoms with Crippen molar-refractivity contribution in [1.29, 1.82) is 5.26 Å². The first-order chi connectivity index (χ1) is 27.0. The number of nitrogens with zero attached hydrogens (tertiary/aromatic N) is 2. The third-order valence-electron chi connectivity index (χ3n) is 9.42. The van der Waals surface area contributed by atoms with Crippen LogP contribution in [-0.2, 0) is 20.8 Å². The molecule has 9 N–H and O–H groups in total. The number of nitrogens with two attached hydrogens (primary N) is 3. The molecule has 5 rings (SSSR count). The van der Waals surface area contributed by atoms with Crippen molar-refractivity contribution in [3.63, 3.8) is 0 Å². The quantitative estimate of drug-likeness (QED) is 0.124. The number of likely N-dealkylation sites (N-methyl/N-ethyl adjacent to an activating group) is 1. The molecule has 0 fully saturated rings. The van der Waals surface area contributed by atoms with Crippen molar-refractivity contribution in [2.24, 2.45) is 17.2 Å². The van der Waals surface area contributed by atoms with Gasteiger partial charge in [-0.15, -0.1) is 0 Å². The molecule has 0 aromatic heterocycles. The highest BCUT2D eigenvalue weighted by molar-refractivity contribution is 5.99. The van der Waals surface area contributed by atoms with Gasteiger partial charge in [0.15, 0.2) is 0 Å². The van der Waals surface area contributed by atoms with Gasteiger partial charge in [0.25, 0.3) is 5.91 Å². The molecule has 0 saturated carbocycles. The molecule has 14 nitrogen and oxygen atoms in total. The van der Waals surface area contributed by atoms with Gasteiger partial charge in [0, 0.05) is 49.8 Å². The van der Waals surface area contributed by atoms with Crippen LogP contribution in [0.5, 0.6) is 11.5 Å². The lowest BCUT2D eigenvalue weighted by atomic mass is 9.93. The smallest absolute Gasteiger partial charge is 0.251 e. The van der Waals surface area contributed by atoms with Crippen LogP contribution >= 0.6 is 0 Å². The van der Waals surface area contributed by atoms with Gasteiger partial charge in [-0.25, -0.2) is 0 Å². The van der Waals surface area contributed by atoms with E-state index in [-0.39, 0.29) is 39.3 Å². The SMILES string of the molecule is Cc1ccc(-c2ccc(C(=O)N[C@@H](CN)C(=O)N(C)C3C(=O)N[C@@H](C)C(=O)NC(C#N)Cc4ccc(OCCN)c(c4)-c4cc3ccc4OCCN)cc2)cc1. The minimum absolute atomic E-state index is 0.161. The van der Waals surface area contributed by atoms with Gasteiger partial charge < -0.3 is 47.5 Å². The van der Waals surface area contributed by atoms with Crippen LogP contribution in [0.2, 0.25) is 0 Å². The molecule has 0 spiro atoms. The Hall–Kier alpha value is -6.27. The van der Waals surface area contributed by atoms with Gasteiger partial charge in [0.1, 0.15) is 48.9 Å². The zero-order valence-corrected chi connectivity index (χ0v) is 31.7. The maximum absolute atomic E-state index is 14.3. The van der Waals surface area contributed by atoms with Crippen LogP contribution in [0.1, 0.15) is 40.0 Å². The van der Waals surface area contributed by atoms with E-state index in [1.54, 1.807) is 42.5 Å². The Morgan fingerprint density at radius 2 is 1.45 bits per heavy atom. The molecule has 56 heavy (non-hydrogen) atoms. The number of carbonyl (C=O) groups excluding carboxylic acids is 4. The van der Waals surface area contributed by atoms with E-state index in [4.69, 9.17) is 26.7 Å². The molecule has 1 heterocycles.